The van der Waals surface area contributed by atoms with Crippen LogP contribution in [-0.2, 0) is 24.6 Å². The maximum atomic E-state index is 15.4. The Labute approximate surface area is 344 Å². The molecule has 2 aliphatic carbocycles. The van der Waals surface area contributed by atoms with E-state index in [0.717, 1.165) is 16.4 Å². The van der Waals surface area contributed by atoms with Gasteiger partial charge in [0.1, 0.15) is 5.82 Å². The Balaban J connectivity index is 1.18. The number of anilines is 4. The average Bonchev–Trinajstić information content (AvgIpc) is 3.63. The van der Waals surface area contributed by atoms with Gasteiger partial charge in [0.15, 0.2) is 11.5 Å². The van der Waals surface area contributed by atoms with E-state index >= 15 is 4.79 Å². The number of nitrogens with zero attached hydrogens (tertiary/aromatic N) is 2. The molecular formula is C46H38ClFN4O7. The highest BCUT2D eigenvalue weighted by Crippen LogP contribution is 2.65. The number of aromatic hydroxyl groups is 1. The van der Waals surface area contributed by atoms with Crippen molar-refractivity contribution in [3.05, 3.63) is 149 Å². The van der Waals surface area contributed by atoms with Crippen molar-refractivity contribution in [1.82, 2.24) is 5.01 Å². The lowest BCUT2D eigenvalue weighted by atomic mass is 9.49. The van der Waals surface area contributed by atoms with Gasteiger partial charge in [-0.2, -0.15) is 5.01 Å². The molecule has 0 bridgehead atoms. The number of benzene rings is 5. The van der Waals surface area contributed by atoms with Gasteiger partial charge in [0, 0.05) is 22.3 Å². The monoisotopic (exact) mass is 812 g/mol. The molecule has 13 heteroatoms. The van der Waals surface area contributed by atoms with Crippen molar-refractivity contribution < 1.29 is 38.1 Å². The molecule has 5 aromatic rings. The number of para-hydroxylation sites is 1. The number of hydrogen-bond acceptors (Lipinski definition) is 9. The largest absolute Gasteiger partial charge is 0.502 e. The third kappa shape index (κ3) is 6.00. The zero-order valence-electron chi connectivity index (χ0n) is 31.9. The van der Waals surface area contributed by atoms with Gasteiger partial charge in [0.05, 0.1) is 48.8 Å². The Bertz CT molecular complexity index is 2510. The summed E-state index contributed by atoms with van der Waals surface area (Å²) < 4.78 is 25.2. The van der Waals surface area contributed by atoms with Crippen LogP contribution in [0.3, 0.4) is 0 Å². The number of imide groups is 2. The Kier molecular flexibility index (Phi) is 9.39. The third-order valence-corrected chi connectivity index (χ3v) is 12.5. The van der Waals surface area contributed by atoms with E-state index < -0.39 is 58.5 Å². The minimum Gasteiger partial charge on any atom is -0.502 e. The lowest BCUT2D eigenvalue weighted by Gasteiger charge is -2.50. The molecule has 0 radical (unpaired) electrons. The van der Waals surface area contributed by atoms with Crippen molar-refractivity contribution in [2.24, 2.45) is 23.7 Å². The number of allylic oxidation sites excluding steroid dienone is 2. The molecule has 0 aromatic heterocycles. The Hall–Kier alpha value is -6.66. The average molecular weight is 813 g/mol. The summed E-state index contributed by atoms with van der Waals surface area (Å²) in [7, 11) is 2.79. The quantitative estimate of drug-likeness (QED) is 0.0996. The lowest BCUT2D eigenvalue weighted by molar-refractivity contribution is -0.138. The summed E-state index contributed by atoms with van der Waals surface area (Å²) >= 11 is 6.41. The van der Waals surface area contributed by atoms with E-state index in [9.17, 15) is 23.9 Å². The number of carbonyl (C=O) groups is 4. The standard InChI is InChI=1S/C46H38ClFN4O7/c1-58-37-22-25(23-38(59-2)41(37)53)40-33-20-21-34-39(44(56)51(42(34)54)32-18-16-30(17-19-32)49-29-6-4-3-5-7-29)35(33)24-36-43(55)52(50-31-14-12-28(48)13-15-31)45(57)46(36,40)26-8-10-27(47)11-9-26/h3-20,22-23,34-36,39-40,49-50,53H,21,24H2,1-2H3. The van der Waals surface area contributed by atoms with Crippen molar-refractivity contribution in [2.75, 3.05) is 29.9 Å². The highest BCUT2D eigenvalue weighted by molar-refractivity contribution is 6.30. The summed E-state index contributed by atoms with van der Waals surface area (Å²) in [6.45, 7) is 0. The van der Waals surface area contributed by atoms with E-state index in [-0.39, 0.29) is 36.0 Å². The number of carbonyl (C=O) groups excluding carboxylic acids is 4. The first-order valence-corrected chi connectivity index (χ1v) is 19.5. The van der Waals surface area contributed by atoms with E-state index in [2.05, 4.69) is 10.7 Å². The second-order valence-corrected chi connectivity index (χ2v) is 15.6. The van der Waals surface area contributed by atoms with Gasteiger partial charge in [0.25, 0.3) is 11.8 Å². The number of phenolic OH excluding ortho intramolecular Hbond substituents is 1. The third-order valence-electron chi connectivity index (χ3n) is 12.3. The molecule has 6 unspecified atom stereocenters. The maximum absolute atomic E-state index is 15.4. The fraction of sp³-hybridized carbons (Fsp3) is 0.217. The zero-order valence-corrected chi connectivity index (χ0v) is 32.7. The minimum atomic E-state index is -1.64. The summed E-state index contributed by atoms with van der Waals surface area (Å²) in [5, 5.41) is 15.7. The van der Waals surface area contributed by atoms with Crippen molar-refractivity contribution in [3.8, 4) is 17.2 Å². The fourth-order valence-electron chi connectivity index (χ4n) is 9.75. The maximum Gasteiger partial charge on any atom is 0.260 e. The van der Waals surface area contributed by atoms with Gasteiger partial charge in [-0.25, -0.2) is 4.39 Å². The molecule has 3 fully saturated rings. The summed E-state index contributed by atoms with van der Waals surface area (Å²) in [4.78, 5) is 60.8. The second kappa shape index (κ2) is 14.6. The van der Waals surface area contributed by atoms with Crippen LogP contribution in [0.1, 0.15) is 29.9 Å². The first-order valence-electron chi connectivity index (χ1n) is 19.2. The van der Waals surface area contributed by atoms with E-state index in [1.807, 2.05) is 48.5 Å². The Morgan fingerprint density at radius 1 is 0.763 bits per heavy atom. The van der Waals surface area contributed by atoms with Crippen LogP contribution in [0.4, 0.5) is 27.1 Å². The SMILES string of the molecule is COc1cc(C2C3=CCC4C(=O)N(c5ccc(Nc6ccccc6)cc5)C(=O)C4C3CC3C(=O)N(Nc4ccc(F)cc4)C(=O)C32c2ccc(Cl)cc2)cc(OC)c1O. The molecule has 2 aliphatic heterocycles. The molecule has 6 atom stereocenters. The van der Waals surface area contributed by atoms with Gasteiger partial charge in [-0.15, -0.1) is 0 Å². The number of rotatable bonds is 9. The zero-order chi connectivity index (χ0) is 41.2. The molecule has 11 nitrogen and oxygen atoms in total. The predicted molar refractivity (Wildman–Crippen MR) is 219 cm³/mol. The van der Waals surface area contributed by atoms with Crippen molar-refractivity contribution in [2.45, 2.75) is 24.2 Å². The van der Waals surface area contributed by atoms with Crippen LogP contribution in [-0.4, -0.2) is 48.0 Å². The minimum absolute atomic E-state index is 0.0530. The number of amides is 4. The van der Waals surface area contributed by atoms with Gasteiger partial charge in [-0.3, -0.25) is 29.5 Å². The Morgan fingerprint density at radius 3 is 2.03 bits per heavy atom. The Morgan fingerprint density at radius 2 is 1.39 bits per heavy atom. The van der Waals surface area contributed by atoms with Crippen LogP contribution in [0.5, 0.6) is 17.2 Å². The summed E-state index contributed by atoms with van der Waals surface area (Å²) in [6.07, 6.45) is 2.19. The van der Waals surface area contributed by atoms with Crippen LogP contribution in [0.15, 0.2) is 127 Å². The lowest BCUT2D eigenvalue weighted by Crippen LogP contribution is -2.53. The van der Waals surface area contributed by atoms with Crippen molar-refractivity contribution in [1.29, 1.82) is 0 Å². The molecule has 4 amide bonds. The van der Waals surface area contributed by atoms with E-state index in [1.54, 1.807) is 48.5 Å². The van der Waals surface area contributed by atoms with Gasteiger partial charge < -0.3 is 19.9 Å². The number of nitrogens with one attached hydrogen (secondary N) is 2. The number of ether oxygens (including phenoxy) is 2. The molecule has 3 N–H and O–H groups in total. The van der Waals surface area contributed by atoms with Crippen LogP contribution < -0.4 is 25.1 Å². The molecule has 298 valence electrons. The van der Waals surface area contributed by atoms with Crippen LogP contribution in [0.2, 0.25) is 5.02 Å². The van der Waals surface area contributed by atoms with Crippen molar-refractivity contribution in [3.63, 3.8) is 0 Å². The van der Waals surface area contributed by atoms with E-state index in [4.69, 9.17) is 21.1 Å². The van der Waals surface area contributed by atoms with E-state index in [1.165, 1.54) is 43.4 Å². The summed E-state index contributed by atoms with van der Waals surface area (Å²) in [5.41, 5.74) is 5.36. The number of hydrazine groups is 1. The van der Waals surface area contributed by atoms with Gasteiger partial charge >= 0.3 is 0 Å². The molecule has 4 aliphatic rings. The molecule has 1 saturated carbocycles. The van der Waals surface area contributed by atoms with Crippen molar-refractivity contribution >= 4 is 58.0 Å². The number of hydrogen-bond donors (Lipinski definition) is 3. The van der Waals surface area contributed by atoms with Gasteiger partial charge in [-0.05, 0) is 115 Å². The van der Waals surface area contributed by atoms with E-state index in [0.29, 0.717) is 33.1 Å². The molecule has 0 spiro atoms. The number of fused-ring (bicyclic) bond motifs is 4. The highest BCUT2D eigenvalue weighted by atomic mass is 35.5. The topological polar surface area (TPSA) is 138 Å². The second-order valence-electron chi connectivity index (χ2n) is 15.2. The normalized spacial score (nSPS) is 24.6. The van der Waals surface area contributed by atoms with Gasteiger partial charge in [0.2, 0.25) is 17.6 Å². The summed E-state index contributed by atoms with van der Waals surface area (Å²) in [6, 6.07) is 32.0. The smallest absolute Gasteiger partial charge is 0.260 e. The molecule has 9 rings (SSSR count). The molecule has 2 saturated heterocycles. The number of halogens is 2. The van der Waals surface area contributed by atoms with Crippen LogP contribution >= 0.6 is 11.6 Å². The molecular weight excluding hydrogens is 775 g/mol. The number of methoxy groups -OCH3 is 2. The van der Waals surface area contributed by atoms with Crippen LogP contribution in [0, 0.1) is 29.5 Å². The number of phenols is 1. The first-order chi connectivity index (χ1) is 28.5. The molecule has 2 heterocycles. The summed E-state index contributed by atoms with van der Waals surface area (Å²) in [5.74, 6) is -6.72. The first kappa shape index (κ1) is 37.9. The molecule has 59 heavy (non-hydrogen) atoms. The molecule has 5 aromatic carbocycles. The van der Waals surface area contributed by atoms with Gasteiger partial charge in [-0.1, -0.05) is 53.6 Å². The fourth-order valence-corrected chi connectivity index (χ4v) is 9.87. The highest BCUT2D eigenvalue weighted by Gasteiger charge is 2.70. The van der Waals surface area contributed by atoms with Crippen LogP contribution in [0.25, 0.3) is 0 Å². The predicted octanol–water partition coefficient (Wildman–Crippen LogP) is 8.14.